The molecular weight excluding hydrogens is 342 g/mol. The summed E-state index contributed by atoms with van der Waals surface area (Å²) in [6, 6.07) is 16.9. The summed E-state index contributed by atoms with van der Waals surface area (Å²) >= 11 is 0. The fraction of sp³-hybridized carbons (Fsp3) is 0.286. The molecule has 1 fully saturated rings. The number of aryl methyl sites for hydroxylation is 1. The summed E-state index contributed by atoms with van der Waals surface area (Å²) in [4.78, 5) is 38.3. The van der Waals surface area contributed by atoms with Crippen LogP contribution in [0.4, 0.5) is 0 Å². The molecule has 2 aromatic rings. The summed E-state index contributed by atoms with van der Waals surface area (Å²) < 4.78 is 0. The van der Waals surface area contributed by atoms with Crippen molar-refractivity contribution < 1.29 is 14.4 Å². The zero-order valence-electron chi connectivity index (χ0n) is 15.3. The van der Waals surface area contributed by atoms with Gasteiger partial charge in [-0.1, -0.05) is 49.4 Å². The molecule has 27 heavy (non-hydrogen) atoms. The number of amides is 3. The topological polar surface area (TPSA) is 78.5 Å². The van der Waals surface area contributed by atoms with Crippen molar-refractivity contribution in [1.29, 1.82) is 0 Å². The van der Waals surface area contributed by atoms with Crippen molar-refractivity contribution in [1.82, 2.24) is 15.8 Å². The smallest absolute Gasteiger partial charge is 0.269 e. The third-order valence-corrected chi connectivity index (χ3v) is 4.73. The van der Waals surface area contributed by atoms with E-state index in [0.717, 1.165) is 17.5 Å². The van der Waals surface area contributed by atoms with Gasteiger partial charge >= 0.3 is 0 Å². The highest BCUT2D eigenvalue weighted by molar-refractivity contribution is 5.96. The largest absolute Gasteiger partial charge is 0.338 e. The molecular formula is C21H23N3O3. The van der Waals surface area contributed by atoms with Gasteiger partial charge in [0.2, 0.25) is 11.8 Å². The van der Waals surface area contributed by atoms with Gasteiger partial charge in [0, 0.05) is 25.1 Å². The lowest BCUT2D eigenvalue weighted by atomic mass is 10.1. The Labute approximate surface area is 158 Å². The van der Waals surface area contributed by atoms with Gasteiger partial charge in [0.1, 0.15) is 0 Å². The Morgan fingerprint density at radius 1 is 1.00 bits per heavy atom. The Morgan fingerprint density at radius 3 is 2.37 bits per heavy atom. The molecule has 1 aliphatic rings. The molecule has 1 saturated heterocycles. The maximum Gasteiger partial charge on any atom is 0.269 e. The molecule has 3 amide bonds. The van der Waals surface area contributed by atoms with Crippen molar-refractivity contribution >= 4 is 17.7 Å². The van der Waals surface area contributed by atoms with Crippen molar-refractivity contribution in [3.05, 3.63) is 71.3 Å². The van der Waals surface area contributed by atoms with Gasteiger partial charge in [-0.05, 0) is 29.7 Å². The zero-order chi connectivity index (χ0) is 19.2. The van der Waals surface area contributed by atoms with Crippen molar-refractivity contribution in [2.45, 2.75) is 26.3 Å². The van der Waals surface area contributed by atoms with Gasteiger partial charge in [0.25, 0.3) is 5.91 Å². The number of nitrogens with zero attached hydrogens (tertiary/aromatic N) is 1. The first-order valence-corrected chi connectivity index (χ1v) is 9.07. The normalized spacial score (nSPS) is 16.3. The first-order chi connectivity index (χ1) is 13.1. The molecule has 6 heteroatoms. The highest BCUT2D eigenvalue weighted by Gasteiger charge is 2.34. The quantitative estimate of drug-likeness (QED) is 0.796. The second kappa shape index (κ2) is 8.49. The van der Waals surface area contributed by atoms with E-state index in [2.05, 4.69) is 10.9 Å². The summed E-state index contributed by atoms with van der Waals surface area (Å²) in [5.74, 6) is -1.25. The Kier molecular flexibility index (Phi) is 5.86. The Balaban J connectivity index is 1.50. The predicted octanol–water partition coefficient (Wildman–Crippen LogP) is 2.06. The lowest BCUT2D eigenvalue weighted by Crippen LogP contribution is -2.45. The van der Waals surface area contributed by atoms with Crippen LogP contribution < -0.4 is 10.9 Å². The van der Waals surface area contributed by atoms with Gasteiger partial charge in [0.15, 0.2) is 0 Å². The number of hydrazine groups is 1. The molecule has 1 aliphatic heterocycles. The zero-order valence-corrected chi connectivity index (χ0v) is 15.3. The molecule has 1 atom stereocenters. The first kappa shape index (κ1) is 18.6. The molecule has 1 heterocycles. The van der Waals surface area contributed by atoms with Crippen molar-refractivity contribution in [2.24, 2.45) is 5.92 Å². The second-order valence-electron chi connectivity index (χ2n) is 6.65. The molecule has 2 aromatic carbocycles. The fourth-order valence-electron chi connectivity index (χ4n) is 3.09. The average molecular weight is 365 g/mol. The van der Waals surface area contributed by atoms with Crippen molar-refractivity contribution in [3.8, 4) is 0 Å². The lowest BCUT2D eigenvalue weighted by Gasteiger charge is -2.16. The molecule has 0 radical (unpaired) electrons. The van der Waals surface area contributed by atoms with E-state index in [1.807, 2.05) is 49.4 Å². The SMILES string of the molecule is CCc1ccc(C(=O)NNC(=O)[C@@H]2CC(=O)N(Cc3ccccc3)C2)cc1. The Hall–Kier alpha value is -3.15. The van der Waals surface area contributed by atoms with E-state index in [-0.39, 0.29) is 24.1 Å². The Bertz CT molecular complexity index is 818. The summed E-state index contributed by atoms with van der Waals surface area (Å²) in [5.41, 5.74) is 7.50. The summed E-state index contributed by atoms with van der Waals surface area (Å²) in [6.45, 7) is 2.87. The van der Waals surface area contributed by atoms with Gasteiger partial charge < -0.3 is 4.90 Å². The number of carbonyl (C=O) groups is 3. The summed E-state index contributed by atoms with van der Waals surface area (Å²) in [6.07, 6.45) is 1.05. The van der Waals surface area contributed by atoms with E-state index in [0.29, 0.717) is 18.7 Å². The molecule has 0 spiro atoms. The summed E-state index contributed by atoms with van der Waals surface area (Å²) in [5, 5.41) is 0. The molecule has 2 N–H and O–H groups in total. The molecule has 6 nitrogen and oxygen atoms in total. The standard InChI is InChI=1S/C21H23N3O3/c1-2-15-8-10-17(11-9-15)20(26)22-23-21(27)18-12-19(25)24(14-18)13-16-6-4-3-5-7-16/h3-11,18H,2,12-14H2,1H3,(H,22,26)(H,23,27)/t18-/m1/s1. The average Bonchev–Trinajstić information content (AvgIpc) is 3.07. The van der Waals surface area contributed by atoms with Crippen molar-refractivity contribution in [3.63, 3.8) is 0 Å². The van der Waals surface area contributed by atoms with Gasteiger partial charge in [-0.2, -0.15) is 0 Å². The van der Waals surface area contributed by atoms with Gasteiger partial charge in [-0.25, -0.2) is 0 Å². The lowest BCUT2D eigenvalue weighted by molar-refractivity contribution is -0.129. The predicted molar refractivity (Wildman–Crippen MR) is 101 cm³/mol. The third-order valence-electron chi connectivity index (χ3n) is 4.73. The van der Waals surface area contributed by atoms with Crippen molar-refractivity contribution in [2.75, 3.05) is 6.54 Å². The van der Waals surface area contributed by atoms with Gasteiger partial charge in [-0.3, -0.25) is 25.2 Å². The van der Waals surface area contributed by atoms with Gasteiger partial charge in [-0.15, -0.1) is 0 Å². The third kappa shape index (κ3) is 4.73. The second-order valence-corrected chi connectivity index (χ2v) is 6.65. The van der Waals surface area contributed by atoms with Crippen LogP contribution in [0.25, 0.3) is 0 Å². The number of benzene rings is 2. The van der Waals surface area contributed by atoms with E-state index < -0.39 is 5.92 Å². The molecule has 0 saturated carbocycles. The monoisotopic (exact) mass is 365 g/mol. The molecule has 3 rings (SSSR count). The van der Waals surface area contributed by atoms with Crippen LogP contribution in [0.5, 0.6) is 0 Å². The summed E-state index contributed by atoms with van der Waals surface area (Å²) in [7, 11) is 0. The van der Waals surface area contributed by atoms with Crippen LogP contribution in [0.2, 0.25) is 0 Å². The number of hydrogen-bond donors (Lipinski definition) is 2. The molecule has 0 unspecified atom stereocenters. The van der Waals surface area contributed by atoms with Crippen LogP contribution in [-0.4, -0.2) is 29.2 Å². The van der Waals surface area contributed by atoms with Crippen LogP contribution >= 0.6 is 0 Å². The minimum Gasteiger partial charge on any atom is -0.338 e. The maximum absolute atomic E-state index is 12.3. The molecule has 140 valence electrons. The fourth-order valence-corrected chi connectivity index (χ4v) is 3.09. The van der Waals surface area contributed by atoms with E-state index in [1.54, 1.807) is 17.0 Å². The number of likely N-dealkylation sites (tertiary alicyclic amines) is 1. The Morgan fingerprint density at radius 2 is 1.70 bits per heavy atom. The van der Waals surface area contributed by atoms with Crippen LogP contribution in [0.3, 0.4) is 0 Å². The minimum absolute atomic E-state index is 0.0551. The highest BCUT2D eigenvalue weighted by Crippen LogP contribution is 2.20. The van der Waals surface area contributed by atoms with E-state index >= 15 is 0 Å². The molecule has 0 bridgehead atoms. The number of rotatable bonds is 5. The van der Waals surface area contributed by atoms with Crippen LogP contribution in [0.1, 0.15) is 34.8 Å². The van der Waals surface area contributed by atoms with Gasteiger partial charge in [0.05, 0.1) is 5.92 Å². The number of nitrogens with one attached hydrogen (secondary N) is 2. The van der Waals surface area contributed by atoms with Crippen LogP contribution in [-0.2, 0) is 22.6 Å². The number of carbonyl (C=O) groups excluding carboxylic acids is 3. The first-order valence-electron chi connectivity index (χ1n) is 9.07. The number of hydrogen-bond acceptors (Lipinski definition) is 3. The minimum atomic E-state index is -0.469. The molecule has 0 aliphatic carbocycles. The maximum atomic E-state index is 12.3. The van der Waals surface area contributed by atoms with Crippen LogP contribution in [0, 0.1) is 5.92 Å². The van der Waals surface area contributed by atoms with E-state index in [1.165, 1.54) is 0 Å². The molecule has 0 aromatic heterocycles. The highest BCUT2D eigenvalue weighted by atomic mass is 16.2. The van der Waals surface area contributed by atoms with E-state index in [4.69, 9.17) is 0 Å². The van der Waals surface area contributed by atoms with E-state index in [9.17, 15) is 14.4 Å². The van der Waals surface area contributed by atoms with Crippen LogP contribution in [0.15, 0.2) is 54.6 Å².